The standard InChI is InChI=1S/C11H10ClNO4.C9H8ClNO3/c1-6(14)13-8-3-11-10(16-5-17-11)2-7(8)9(15)4-12;10-3-7(12)5-1-8-9(2-6(5)11)14-4-13-8/h2-3H,4-5H2,1H3,(H,13,14);1-2H,3-4,11H2. The number of anilines is 2. The van der Waals surface area contributed by atoms with Crippen molar-refractivity contribution in [3.63, 3.8) is 0 Å². The molecule has 0 aliphatic carbocycles. The van der Waals surface area contributed by atoms with Gasteiger partial charge in [0.1, 0.15) is 0 Å². The molecule has 0 radical (unpaired) electrons. The molecule has 4 rings (SSSR count). The van der Waals surface area contributed by atoms with Crippen LogP contribution in [0.3, 0.4) is 0 Å². The topological polar surface area (TPSA) is 126 Å². The van der Waals surface area contributed by atoms with E-state index in [0.717, 1.165) is 0 Å². The summed E-state index contributed by atoms with van der Waals surface area (Å²) >= 11 is 10.9. The number of ether oxygens (including phenoxy) is 4. The van der Waals surface area contributed by atoms with Crippen LogP contribution in [-0.4, -0.2) is 42.8 Å². The Balaban J connectivity index is 0.000000179. The lowest BCUT2D eigenvalue weighted by atomic mass is 10.1. The molecule has 0 unspecified atom stereocenters. The Hall–Kier alpha value is -3.17. The molecule has 11 heteroatoms. The predicted octanol–water partition coefficient (Wildman–Crippen LogP) is 3.21. The van der Waals surface area contributed by atoms with Gasteiger partial charge in [-0.15, -0.1) is 23.2 Å². The zero-order chi connectivity index (χ0) is 22.5. The number of hydrogen-bond donors (Lipinski definition) is 2. The van der Waals surface area contributed by atoms with Crippen LogP contribution in [0.15, 0.2) is 24.3 Å². The van der Waals surface area contributed by atoms with Gasteiger partial charge in [0.2, 0.25) is 19.5 Å². The zero-order valence-electron chi connectivity index (χ0n) is 16.3. The average Bonchev–Trinajstić information content (AvgIpc) is 3.39. The maximum absolute atomic E-state index is 11.6. The van der Waals surface area contributed by atoms with Gasteiger partial charge in [-0.25, -0.2) is 0 Å². The van der Waals surface area contributed by atoms with Gasteiger partial charge >= 0.3 is 0 Å². The van der Waals surface area contributed by atoms with Crippen LogP contribution in [0.1, 0.15) is 27.6 Å². The summed E-state index contributed by atoms with van der Waals surface area (Å²) in [6.45, 7) is 1.63. The van der Waals surface area contributed by atoms with Crippen molar-refractivity contribution in [3.05, 3.63) is 35.4 Å². The summed E-state index contributed by atoms with van der Waals surface area (Å²) in [6, 6.07) is 6.21. The van der Waals surface area contributed by atoms with Gasteiger partial charge in [-0.2, -0.15) is 0 Å². The molecule has 0 fully saturated rings. The van der Waals surface area contributed by atoms with Gasteiger partial charge in [-0.1, -0.05) is 0 Å². The molecule has 2 heterocycles. The molecular weight excluding hydrogens is 451 g/mol. The van der Waals surface area contributed by atoms with Gasteiger partial charge in [0.05, 0.1) is 17.4 Å². The van der Waals surface area contributed by atoms with Crippen LogP contribution in [0.4, 0.5) is 11.4 Å². The SMILES string of the molecule is CC(=O)Nc1cc2c(cc1C(=O)CCl)OCO2.Nc1cc2c(cc1C(=O)CCl)OCO2. The Labute approximate surface area is 187 Å². The lowest BCUT2D eigenvalue weighted by molar-refractivity contribution is -0.114. The quantitative estimate of drug-likeness (QED) is 0.389. The number of benzene rings is 2. The molecule has 3 N–H and O–H groups in total. The van der Waals surface area contributed by atoms with E-state index in [1.165, 1.54) is 13.0 Å². The number of alkyl halides is 2. The monoisotopic (exact) mass is 468 g/mol. The van der Waals surface area contributed by atoms with E-state index in [4.69, 9.17) is 47.9 Å². The van der Waals surface area contributed by atoms with Crippen molar-refractivity contribution in [1.29, 1.82) is 0 Å². The molecule has 0 aromatic heterocycles. The summed E-state index contributed by atoms with van der Waals surface area (Å²) in [5.74, 6) is 1.05. The molecule has 31 heavy (non-hydrogen) atoms. The lowest BCUT2D eigenvalue weighted by Crippen LogP contribution is -2.11. The first kappa shape index (κ1) is 22.5. The molecule has 0 atom stereocenters. The number of nitrogen functional groups attached to an aromatic ring is 1. The first-order chi connectivity index (χ1) is 14.8. The highest BCUT2D eigenvalue weighted by atomic mass is 35.5. The number of nitrogens with two attached hydrogens (primary N) is 1. The summed E-state index contributed by atoms with van der Waals surface area (Å²) in [7, 11) is 0. The molecule has 9 nitrogen and oxygen atoms in total. The maximum Gasteiger partial charge on any atom is 0.231 e. The van der Waals surface area contributed by atoms with Crippen molar-refractivity contribution in [2.45, 2.75) is 6.92 Å². The van der Waals surface area contributed by atoms with Crippen molar-refractivity contribution in [1.82, 2.24) is 0 Å². The number of Topliss-reactive ketones (excluding diaryl/α,β-unsaturated/α-hetero) is 2. The van der Waals surface area contributed by atoms with Gasteiger partial charge in [0.25, 0.3) is 0 Å². The van der Waals surface area contributed by atoms with Crippen molar-refractivity contribution < 1.29 is 33.3 Å². The van der Waals surface area contributed by atoms with E-state index >= 15 is 0 Å². The molecule has 2 aromatic carbocycles. The molecule has 2 aliphatic heterocycles. The second kappa shape index (κ2) is 9.76. The minimum absolute atomic E-state index is 0.0934. The normalized spacial score (nSPS) is 12.6. The molecule has 2 aliphatic rings. The fourth-order valence-corrected chi connectivity index (χ4v) is 3.10. The van der Waals surface area contributed by atoms with Crippen LogP contribution in [-0.2, 0) is 4.79 Å². The van der Waals surface area contributed by atoms with E-state index in [2.05, 4.69) is 5.32 Å². The van der Waals surface area contributed by atoms with Crippen LogP contribution < -0.4 is 30.0 Å². The highest BCUT2D eigenvalue weighted by Crippen LogP contribution is 2.37. The van der Waals surface area contributed by atoms with Gasteiger partial charge in [0, 0.05) is 35.9 Å². The van der Waals surface area contributed by atoms with Gasteiger partial charge in [-0.3, -0.25) is 14.4 Å². The van der Waals surface area contributed by atoms with Crippen molar-refractivity contribution in [2.75, 3.05) is 36.4 Å². The first-order valence-corrected chi connectivity index (χ1v) is 9.99. The van der Waals surface area contributed by atoms with Gasteiger partial charge in [-0.05, 0) is 12.1 Å². The summed E-state index contributed by atoms with van der Waals surface area (Å²) in [4.78, 5) is 34.0. The van der Waals surface area contributed by atoms with Crippen LogP contribution >= 0.6 is 23.2 Å². The van der Waals surface area contributed by atoms with E-state index in [1.807, 2.05) is 0 Å². The molecule has 0 saturated heterocycles. The second-order valence-electron chi connectivity index (χ2n) is 6.34. The second-order valence-corrected chi connectivity index (χ2v) is 6.87. The average molecular weight is 469 g/mol. The Kier molecular flexibility index (Phi) is 7.09. The van der Waals surface area contributed by atoms with E-state index in [9.17, 15) is 14.4 Å². The summed E-state index contributed by atoms with van der Waals surface area (Å²) in [5.41, 5.74) is 7.10. The smallest absolute Gasteiger partial charge is 0.231 e. The fraction of sp³-hybridized carbons (Fsp3) is 0.250. The number of amides is 1. The van der Waals surface area contributed by atoms with Gasteiger partial charge < -0.3 is 30.0 Å². The Morgan fingerprint density at radius 1 is 0.839 bits per heavy atom. The Bertz CT molecular complexity index is 1040. The number of nitrogens with one attached hydrogen (secondary N) is 1. The third kappa shape index (κ3) is 5.12. The third-order valence-electron chi connectivity index (χ3n) is 4.21. The van der Waals surface area contributed by atoms with E-state index in [0.29, 0.717) is 45.5 Å². The van der Waals surface area contributed by atoms with Crippen molar-refractivity contribution in [2.24, 2.45) is 0 Å². The fourth-order valence-electron chi connectivity index (χ4n) is 2.81. The summed E-state index contributed by atoms with van der Waals surface area (Å²) in [5, 5.41) is 2.56. The first-order valence-electron chi connectivity index (χ1n) is 8.92. The molecule has 2 aromatic rings. The summed E-state index contributed by atoms with van der Waals surface area (Å²) < 4.78 is 20.6. The Morgan fingerprint density at radius 2 is 1.29 bits per heavy atom. The number of carbonyl (C=O) groups is 3. The highest BCUT2D eigenvalue weighted by molar-refractivity contribution is 6.31. The number of fused-ring (bicyclic) bond motifs is 2. The van der Waals surface area contributed by atoms with Crippen LogP contribution in [0.2, 0.25) is 0 Å². The molecule has 0 saturated carbocycles. The largest absolute Gasteiger partial charge is 0.454 e. The van der Waals surface area contributed by atoms with Crippen LogP contribution in [0.25, 0.3) is 0 Å². The Morgan fingerprint density at radius 3 is 1.81 bits per heavy atom. The number of ketones is 2. The third-order valence-corrected chi connectivity index (χ3v) is 4.70. The predicted molar refractivity (Wildman–Crippen MR) is 114 cm³/mol. The number of halogens is 2. The zero-order valence-corrected chi connectivity index (χ0v) is 17.8. The molecule has 1 amide bonds. The number of hydrogen-bond acceptors (Lipinski definition) is 8. The van der Waals surface area contributed by atoms with Crippen molar-refractivity contribution >= 4 is 52.1 Å². The van der Waals surface area contributed by atoms with Crippen LogP contribution in [0, 0.1) is 0 Å². The number of rotatable bonds is 5. The molecule has 0 spiro atoms. The minimum atomic E-state index is -0.284. The van der Waals surface area contributed by atoms with Crippen LogP contribution in [0.5, 0.6) is 23.0 Å². The highest BCUT2D eigenvalue weighted by Gasteiger charge is 2.21. The molecule has 164 valence electrons. The lowest BCUT2D eigenvalue weighted by Gasteiger charge is -2.09. The van der Waals surface area contributed by atoms with Gasteiger partial charge in [0.15, 0.2) is 34.6 Å². The summed E-state index contributed by atoms with van der Waals surface area (Å²) in [6.07, 6.45) is 0. The molecule has 0 bridgehead atoms. The molecular formula is C20H18Cl2N2O7. The minimum Gasteiger partial charge on any atom is -0.454 e. The van der Waals surface area contributed by atoms with E-state index in [1.54, 1.807) is 18.2 Å². The maximum atomic E-state index is 11.6. The van der Waals surface area contributed by atoms with Crippen molar-refractivity contribution in [3.8, 4) is 23.0 Å². The van der Waals surface area contributed by atoms with E-state index < -0.39 is 0 Å². The van der Waals surface area contributed by atoms with E-state index in [-0.39, 0.29) is 42.8 Å². The number of carbonyl (C=O) groups excluding carboxylic acids is 3.